The lowest BCUT2D eigenvalue weighted by Crippen LogP contribution is -2.51. The van der Waals surface area contributed by atoms with Crippen LogP contribution < -0.4 is 31.6 Å². The molecular weight excluding hydrogens is 1020 g/mol. The van der Waals surface area contributed by atoms with Crippen molar-refractivity contribution in [2.75, 3.05) is 44.6 Å². The highest BCUT2D eigenvalue weighted by Crippen LogP contribution is 2.22. The minimum absolute atomic E-state index is 0.0715. The molecule has 5 N–H and O–H groups in total. The van der Waals surface area contributed by atoms with Gasteiger partial charge in [-0.05, 0) is 103 Å². The molecule has 0 bridgehead atoms. The highest BCUT2D eigenvalue weighted by atomic mass is 19.1. The summed E-state index contributed by atoms with van der Waals surface area (Å²) < 4.78 is 25.2. The Bertz CT molecular complexity index is 3290. The molecule has 6 aromatic rings. The van der Waals surface area contributed by atoms with Crippen LogP contribution in [0.4, 0.5) is 20.6 Å². The lowest BCUT2D eigenvalue weighted by atomic mass is 10.0. The number of nitrogens with zero attached hydrogens (tertiary/aromatic N) is 4. The number of aromatic nitrogens is 2. The first-order valence-corrected chi connectivity index (χ1v) is 25.7. The van der Waals surface area contributed by atoms with Crippen molar-refractivity contribution in [1.82, 2.24) is 35.9 Å². The van der Waals surface area contributed by atoms with Crippen LogP contribution in [0.1, 0.15) is 99.4 Å². The minimum atomic E-state index is -1.01. The summed E-state index contributed by atoms with van der Waals surface area (Å²) in [6.07, 6.45) is 1.98. The summed E-state index contributed by atoms with van der Waals surface area (Å²) in [4.78, 5) is 117. The number of anilines is 1. The first-order chi connectivity index (χ1) is 37.9. The van der Waals surface area contributed by atoms with Crippen molar-refractivity contribution >= 4 is 63.7 Å². The number of fused-ring (bicyclic) bond motifs is 1. The molecule has 1 saturated heterocycles. The molecule has 0 aliphatic carbocycles. The number of nitrogens with one attached hydrogen (secondary N) is 5. The second-order valence-electron chi connectivity index (χ2n) is 19.3. The molecule has 1 aromatic heterocycles. The first-order valence-electron chi connectivity index (χ1n) is 25.7. The molecule has 21 nitrogen and oxygen atoms in total. The average molecular weight is 1080 g/mol. The summed E-state index contributed by atoms with van der Waals surface area (Å²) >= 11 is 0. The molecule has 0 spiro atoms. The number of nitro groups is 1. The Hall–Kier alpha value is -9.34. The Balaban J connectivity index is 0.768. The Morgan fingerprint density at radius 3 is 2.11 bits per heavy atom. The molecule has 22 heteroatoms. The quantitative estimate of drug-likeness (QED) is 0.0155. The number of carbonyl (C=O) groups is 7. The van der Waals surface area contributed by atoms with Crippen molar-refractivity contribution in [1.29, 1.82) is 0 Å². The molecule has 0 radical (unpaired) electrons. The number of hydrogen-bond acceptors (Lipinski definition) is 13. The van der Waals surface area contributed by atoms with Gasteiger partial charge in [-0.15, -0.1) is 0 Å². The van der Waals surface area contributed by atoms with Crippen LogP contribution in [-0.2, 0) is 32.1 Å². The normalized spacial score (nSPS) is 12.6. The third-order valence-electron chi connectivity index (χ3n) is 13.0. The molecule has 1 atom stereocenters. The number of H-pyrrole nitrogens is 1. The zero-order valence-corrected chi connectivity index (χ0v) is 43.8. The summed E-state index contributed by atoms with van der Waals surface area (Å²) in [5.74, 6) is -3.39. The van der Waals surface area contributed by atoms with Gasteiger partial charge in [0, 0.05) is 79.9 Å². The lowest BCUT2D eigenvalue weighted by Gasteiger charge is -2.35. The molecule has 79 heavy (non-hydrogen) atoms. The molecule has 6 amide bonds. The summed E-state index contributed by atoms with van der Waals surface area (Å²) in [5.41, 5.74) is 2.98. The minimum Gasteiger partial charge on any atom is -0.429 e. The largest absolute Gasteiger partial charge is 0.514 e. The van der Waals surface area contributed by atoms with Gasteiger partial charge in [-0.3, -0.25) is 43.7 Å². The highest BCUT2D eigenvalue weighted by Gasteiger charge is 2.29. The van der Waals surface area contributed by atoms with Crippen LogP contribution in [0, 0.1) is 28.8 Å². The Labute approximate surface area is 453 Å². The molecule has 1 aliphatic rings. The van der Waals surface area contributed by atoms with Crippen molar-refractivity contribution in [2.45, 2.75) is 71.9 Å². The van der Waals surface area contributed by atoms with Gasteiger partial charge < -0.3 is 40.5 Å². The molecule has 1 unspecified atom stereocenters. The number of hydrogen-bond donors (Lipinski definition) is 5. The van der Waals surface area contributed by atoms with E-state index >= 15 is 4.39 Å². The van der Waals surface area contributed by atoms with Crippen LogP contribution in [0.2, 0.25) is 0 Å². The van der Waals surface area contributed by atoms with Crippen molar-refractivity contribution in [3.8, 4) is 5.75 Å². The van der Waals surface area contributed by atoms with E-state index in [1.54, 1.807) is 98.5 Å². The third-order valence-corrected chi connectivity index (χ3v) is 13.0. The molecule has 1 aliphatic heterocycles. The van der Waals surface area contributed by atoms with Crippen LogP contribution in [0.15, 0.2) is 114 Å². The van der Waals surface area contributed by atoms with E-state index < -0.39 is 40.7 Å². The van der Waals surface area contributed by atoms with Gasteiger partial charge in [0.25, 0.3) is 29.0 Å². The Morgan fingerprint density at radius 1 is 0.759 bits per heavy atom. The van der Waals surface area contributed by atoms with E-state index in [4.69, 9.17) is 9.47 Å². The summed E-state index contributed by atoms with van der Waals surface area (Å²) in [7, 11) is 0. The van der Waals surface area contributed by atoms with Gasteiger partial charge in [0.2, 0.25) is 17.7 Å². The van der Waals surface area contributed by atoms with Gasteiger partial charge in [0.05, 0.1) is 28.1 Å². The van der Waals surface area contributed by atoms with E-state index in [1.165, 1.54) is 41.3 Å². The zero-order valence-electron chi connectivity index (χ0n) is 43.8. The Morgan fingerprint density at radius 2 is 1.42 bits per heavy atom. The van der Waals surface area contributed by atoms with Crippen LogP contribution >= 0.6 is 0 Å². The lowest BCUT2D eigenvalue weighted by molar-refractivity contribution is -0.384. The van der Waals surface area contributed by atoms with Crippen LogP contribution in [0.3, 0.4) is 0 Å². The van der Waals surface area contributed by atoms with Gasteiger partial charge in [-0.2, -0.15) is 5.10 Å². The zero-order chi connectivity index (χ0) is 56.6. The smallest absolute Gasteiger partial charge is 0.429 e. The number of piperazine rings is 1. The van der Waals surface area contributed by atoms with E-state index in [0.717, 1.165) is 0 Å². The summed E-state index contributed by atoms with van der Waals surface area (Å²) in [6, 6.07) is 26.7. The number of aromatic amines is 1. The maximum absolute atomic E-state index is 15.1. The van der Waals surface area contributed by atoms with Crippen molar-refractivity contribution in [3.05, 3.63) is 175 Å². The number of non-ortho nitro benzene ring substituents is 1. The van der Waals surface area contributed by atoms with E-state index in [0.29, 0.717) is 82.2 Å². The highest BCUT2D eigenvalue weighted by molar-refractivity contribution is 6.01. The fourth-order valence-corrected chi connectivity index (χ4v) is 8.77. The number of amides is 6. The number of carbonyl (C=O) groups excluding carboxylic acids is 7. The van der Waals surface area contributed by atoms with Crippen LogP contribution in [-0.4, -0.2) is 112 Å². The third kappa shape index (κ3) is 16.1. The predicted octanol–water partition coefficient (Wildman–Crippen LogP) is 6.76. The number of benzene rings is 5. The van der Waals surface area contributed by atoms with Crippen molar-refractivity contribution in [2.24, 2.45) is 5.92 Å². The second kappa shape index (κ2) is 27.1. The van der Waals surface area contributed by atoms with E-state index in [1.807, 2.05) is 0 Å². The van der Waals surface area contributed by atoms with Crippen molar-refractivity contribution in [3.63, 3.8) is 0 Å². The molecule has 412 valence electrons. The molecule has 5 aromatic carbocycles. The van der Waals surface area contributed by atoms with Crippen molar-refractivity contribution < 1.29 is 52.3 Å². The fourth-order valence-electron chi connectivity index (χ4n) is 8.77. The standard InChI is InChI=1S/C57H60FN9O12/c1-35(2)51(54(72)60-33-50(69)61-41-16-13-37(14-17-41)34-78-57(75)79-43-20-18-42(19-21-43)67(76)77)62-49(68)12-6-4-5-9-23-59-52(70)39-28-36(3)29-40(32-39)55(73)65-24-26-66(27-25-65)56(74)46-30-38(15-22-47(46)58)31-48-44-10-7-8-11-45(44)53(71)64-63-48/h7-8,10-11,13-22,28-30,32,35,51H,4-6,9,12,23-27,31,33-34H2,1-3H3,(H,59,70)(H,60,72)(H,61,69)(H,62,68)(H,64,71). The number of nitro benzene ring substituents is 1. The fraction of sp³-hybridized carbons (Fsp3) is 0.316. The molecule has 0 saturated carbocycles. The van der Waals surface area contributed by atoms with Gasteiger partial charge in [-0.1, -0.05) is 63.1 Å². The summed E-state index contributed by atoms with van der Waals surface area (Å²) in [5, 5.41) is 29.5. The maximum Gasteiger partial charge on any atom is 0.514 e. The predicted molar refractivity (Wildman–Crippen MR) is 289 cm³/mol. The molecular formula is C57H60FN9O12. The van der Waals surface area contributed by atoms with E-state index in [9.17, 15) is 48.5 Å². The molecule has 2 heterocycles. The number of aryl methyl sites for hydroxylation is 1. The average Bonchev–Trinajstić information content (AvgIpc) is 3.47. The number of rotatable bonds is 22. The van der Waals surface area contributed by atoms with Crippen LogP contribution in [0.5, 0.6) is 5.75 Å². The van der Waals surface area contributed by atoms with Gasteiger partial charge in [0.1, 0.15) is 24.2 Å². The monoisotopic (exact) mass is 1080 g/mol. The number of halogens is 1. The maximum atomic E-state index is 15.1. The van der Waals surface area contributed by atoms with Gasteiger partial charge in [0.15, 0.2) is 0 Å². The van der Waals surface area contributed by atoms with E-state index in [-0.39, 0.29) is 98.4 Å². The topological polar surface area (TPSA) is 281 Å². The first kappa shape index (κ1) is 57.4. The van der Waals surface area contributed by atoms with Crippen LogP contribution in [0.25, 0.3) is 10.8 Å². The van der Waals surface area contributed by atoms with Gasteiger partial charge in [-0.25, -0.2) is 14.3 Å². The molecule has 1 fully saturated rings. The number of ether oxygens (including phenoxy) is 2. The summed E-state index contributed by atoms with van der Waals surface area (Å²) in [6.45, 7) is 5.93. The second-order valence-corrected chi connectivity index (χ2v) is 19.3. The number of unbranched alkanes of at least 4 members (excludes halogenated alkanes) is 3. The Kier molecular flexibility index (Phi) is 19.7. The van der Waals surface area contributed by atoms with Gasteiger partial charge >= 0.3 is 6.16 Å². The van der Waals surface area contributed by atoms with E-state index in [2.05, 4.69) is 31.5 Å². The SMILES string of the molecule is Cc1cc(C(=O)NCCCCCCC(=O)NC(C(=O)NCC(=O)Nc2ccc(COC(=O)Oc3ccc([N+](=O)[O-])cc3)cc2)C(C)C)cc(C(=O)N2CCN(C(=O)c3cc(Cc4n[nH]c(=O)c5ccccc45)ccc3F)CC2)c1. The molecule has 7 rings (SSSR count).